The molecule has 1 aromatic heterocycles. The number of nitrogens with zero attached hydrogens (tertiary/aromatic N) is 1. The molecule has 0 unspecified atom stereocenters. The third-order valence-electron chi connectivity index (χ3n) is 2.89. The van der Waals surface area contributed by atoms with E-state index in [1.54, 1.807) is 6.20 Å². The predicted molar refractivity (Wildman–Crippen MR) is 67.1 cm³/mol. The monoisotopic (exact) mass is 240 g/mol. The Hall–Kier alpha value is -2.36. The van der Waals surface area contributed by atoms with Crippen molar-refractivity contribution in [2.45, 2.75) is 13.2 Å². The number of aromatic nitrogens is 1. The lowest BCUT2D eigenvalue weighted by molar-refractivity contribution is 0.0535. The molecule has 0 fully saturated rings. The first-order chi connectivity index (χ1) is 8.83. The number of benzene rings is 1. The number of carbonyl (C=O) groups is 1. The van der Waals surface area contributed by atoms with Gasteiger partial charge in [-0.1, -0.05) is 12.1 Å². The molecular weight excluding hydrogens is 228 g/mol. The van der Waals surface area contributed by atoms with Gasteiger partial charge in [-0.15, -0.1) is 0 Å². The molecule has 90 valence electrons. The Morgan fingerprint density at radius 3 is 3.06 bits per heavy atom. The van der Waals surface area contributed by atoms with E-state index in [1.807, 2.05) is 36.4 Å². The van der Waals surface area contributed by atoms with E-state index in [4.69, 9.17) is 4.74 Å². The Kier molecular flexibility index (Phi) is 2.68. The number of carbonyl (C=O) groups excluding carboxylic acids is 1. The lowest BCUT2D eigenvalue weighted by atomic mass is 10.1. The summed E-state index contributed by atoms with van der Waals surface area (Å²) in [6, 6.07) is 11.5. The third kappa shape index (κ3) is 2.05. The van der Waals surface area contributed by atoms with Crippen LogP contribution in [0, 0.1) is 0 Å². The molecule has 0 bridgehead atoms. The number of fused-ring (bicyclic) bond motifs is 1. The van der Waals surface area contributed by atoms with Gasteiger partial charge in [-0.3, -0.25) is 4.98 Å². The number of esters is 1. The Labute approximate surface area is 105 Å². The van der Waals surface area contributed by atoms with Gasteiger partial charge in [0.2, 0.25) is 0 Å². The highest BCUT2D eigenvalue weighted by Crippen LogP contribution is 2.23. The van der Waals surface area contributed by atoms with E-state index in [9.17, 15) is 4.79 Å². The summed E-state index contributed by atoms with van der Waals surface area (Å²) in [6.07, 6.45) is 1.76. The second-order valence-corrected chi connectivity index (χ2v) is 4.12. The summed E-state index contributed by atoms with van der Waals surface area (Å²) in [5.41, 5.74) is 3.46. The maximum atomic E-state index is 11.4. The Morgan fingerprint density at radius 1 is 1.28 bits per heavy atom. The van der Waals surface area contributed by atoms with Crippen LogP contribution in [-0.2, 0) is 17.9 Å². The predicted octanol–water partition coefficient (Wildman–Crippen LogP) is 2.36. The average Bonchev–Trinajstić information content (AvgIpc) is 2.79. The lowest BCUT2D eigenvalue weighted by Gasteiger charge is -2.06. The van der Waals surface area contributed by atoms with Crippen LogP contribution in [0.1, 0.15) is 21.6 Å². The molecule has 1 aliphatic heterocycles. The molecule has 18 heavy (non-hydrogen) atoms. The number of rotatable bonds is 3. The van der Waals surface area contributed by atoms with E-state index in [2.05, 4.69) is 10.3 Å². The highest BCUT2D eigenvalue weighted by molar-refractivity contribution is 5.94. The van der Waals surface area contributed by atoms with Crippen molar-refractivity contribution < 1.29 is 9.53 Å². The molecular formula is C14H12N2O2. The first-order valence-corrected chi connectivity index (χ1v) is 5.77. The molecule has 1 aromatic carbocycles. The minimum atomic E-state index is -0.244. The van der Waals surface area contributed by atoms with Gasteiger partial charge in [0.25, 0.3) is 0 Å². The van der Waals surface area contributed by atoms with Crippen molar-refractivity contribution in [2.75, 3.05) is 5.32 Å². The van der Waals surface area contributed by atoms with E-state index in [1.165, 1.54) is 0 Å². The third-order valence-corrected chi connectivity index (χ3v) is 2.89. The van der Waals surface area contributed by atoms with Gasteiger partial charge in [-0.05, 0) is 24.3 Å². The summed E-state index contributed by atoms with van der Waals surface area (Å²) in [4.78, 5) is 15.7. The fourth-order valence-electron chi connectivity index (χ4n) is 1.92. The van der Waals surface area contributed by atoms with Crippen molar-refractivity contribution in [1.29, 1.82) is 0 Å². The van der Waals surface area contributed by atoms with Crippen molar-refractivity contribution in [2.24, 2.45) is 0 Å². The molecule has 0 radical (unpaired) electrons. The molecule has 2 aromatic rings. The van der Waals surface area contributed by atoms with Crippen LogP contribution in [0.4, 0.5) is 5.69 Å². The van der Waals surface area contributed by atoms with Gasteiger partial charge in [0.1, 0.15) is 6.61 Å². The summed E-state index contributed by atoms with van der Waals surface area (Å²) >= 11 is 0. The van der Waals surface area contributed by atoms with Gasteiger partial charge >= 0.3 is 5.97 Å². The molecule has 2 heterocycles. The van der Waals surface area contributed by atoms with E-state index < -0.39 is 0 Å². The molecule has 0 aliphatic carbocycles. The number of hydrogen-bond donors (Lipinski definition) is 1. The van der Waals surface area contributed by atoms with Crippen LogP contribution in [0.2, 0.25) is 0 Å². The molecule has 3 rings (SSSR count). The van der Waals surface area contributed by atoms with Crippen LogP contribution in [0.5, 0.6) is 0 Å². The zero-order valence-corrected chi connectivity index (χ0v) is 9.72. The molecule has 0 spiro atoms. The van der Waals surface area contributed by atoms with Crippen LogP contribution in [-0.4, -0.2) is 11.0 Å². The topological polar surface area (TPSA) is 51.2 Å². The van der Waals surface area contributed by atoms with Gasteiger partial charge in [0, 0.05) is 17.4 Å². The van der Waals surface area contributed by atoms with Gasteiger partial charge in [-0.25, -0.2) is 4.79 Å². The second-order valence-electron chi connectivity index (χ2n) is 4.12. The number of hydrogen-bond acceptors (Lipinski definition) is 4. The number of nitrogens with one attached hydrogen (secondary N) is 1. The van der Waals surface area contributed by atoms with Crippen LogP contribution >= 0.6 is 0 Å². The van der Waals surface area contributed by atoms with Crippen molar-refractivity contribution in [3.8, 4) is 0 Å². The standard InChI is InChI=1S/C14H12N2O2/c17-14-13-7-11(5-4-10(13)9-18-14)16-8-12-3-1-2-6-15-12/h1-7,16H,8-9H2. The Balaban J connectivity index is 1.74. The number of cyclic esters (lactones) is 1. The van der Waals surface area contributed by atoms with Crippen LogP contribution in [0.25, 0.3) is 0 Å². The largest absolute Gasteiger partial charge is 0.457 e. The SMILES string of the molecule is O=C1OCc2ccc(NCc3ccccn3)cc21. The smallest absolute Gasteiger partial charge is 0.338 e. The van der Waals surface area contributed by atoms with Crippen LogP contribution < -0.4 is 5.32 Å². The molecule has 0 saturated heterocycles. The fraction of sp³-hybridized carbons (Fsp3) is 0.143. The maximum absolute atomic E-state index is 11.4. The van der Waals surface area contributed by atoms with Crippen LogP contribution in [0.15, 0.2) is 42.6 Å². The molecule has 4 nitrogen and oxygen atoms in total. The van der Waals surface area contributed by atoms with E-state index in [0.29, 0.717) is 18.7 Å². The fourth-order valence-corrected chi connectivity index (χ4v) is 1.92. The van der Waals surface area contributed by atoms with Crippen molar-refractivity contribution in [3.05, 3.63) is 59.4 Å². The lowest BCUT2D eigenvalue weighted by Crippen LogP contribution is -2.02. The molecule has 0 atom stereocenters. The quantitative estimate of drug-likeness (QED) is 0.837. The average molecular weight is 240 g/mol. The molecule has 0 saturated carbocycles. The normalized spacial score (nSPS) is 13.0. The second kappa shape index (κ2) is 4.49. The van der Waals surface area contributed by atoms with E-state index in [-0.39, 0.29) is 5.97 Å². The summed E-state index contributed by atoms with van der Waals surface area (Å²) in [7, 11) is 0. The first kappa shape index (κ1) is 10.8. The van der Waals surface area contributed by atoms with Crippen molar-refractivity contribution in [1.82, 2.24) is 4.98 Å². The summed E-state index contributed by atoms with van der Waals surface area (Å²) < 4.78 is 4.96. The Bertz CT molecular complexity index is 582. The van der Waals surface area contributed by atoms with Crippen LogP contribution in [0.3, 0.4) is 0 Å². The molecule has 1 N–H and O–H groups in total. The summed E-state index contributed by atoms with van der Waals surface area (Å²) in [6.45, 7) is 1.02. The van der Waals surface area contributed by atoms with E-state index >= 15 is 0 Å². The molecule has 1 aliphatic rings. The molecule has 0 amide bonds. The minimum Gasteiger partial charge on any atom is -0.457 e. The zero-order valence-electron chi connectivity index (χ0n) is 9.72. The van der Waals surface area contributed by atoms with Crippen molar-refractivity contribution >= 4 is 11.7 Å². The number of ether oxygens (including phenoxy) is 1. The summed E-state index contributed by atoms with van der Waals surface area (Å²) in [5.74, 6) is -0.244. The van der Waals surface area contributed by atoms with Gasteiger partial charge in [-0.2, -0.15) is 0 Å². The highest BCUT2D eigenvalue weighted by Gasteiger charge is 2.20. The minimum absolute atomic E-state index is 0.244. The van der Waals surface area contributed by atoms with Gasteiger partial charge in [0.05, 0.1) is 17.8 Å². The van der Waals surface area contributed by atoms with Crippen molar-refractivity contribution in [3.63, 3.8) is 0 Å². The number of anilines is 1. The van der Waals surface area contributed by atoms with E-state index in [0.717, 1.165) is 16.9 Å². The first-order valence-electron chi connectivity index (χ1n) is 5.77. The number of pyridine rings is 1. The van der Waals surface area contributed by atoms with Gasteiger partial charge in [0.15, 0.2) is 0 Å². The summed E-state index contributed by atoms with van der Waals surface area (Å²) in [5, 5.41) is 3.24. The zero-order chi connectivity index (χ0) is 12.4. The Morgan fingerprint density at radius 2 is 2.22 bits per heavy atom. The molecule has 4 heteroatoms. The maximum Gasteiger partial charge on any atom is 0.338 e. The highest BCUT2D eigenvalue weighted by atomic mass is 16.5. The van der Waals surface area contributed by atoms with Gasteiger partial charge < -0.3 is 10.1 Å².